The second kappa shape index (κ2) is 7.97. The van der Waals surface area contributed by atoms with Gasteiger partial charge < -0.3 is 0 Å². The number of ether oxygens (including phenoxy) is 1. The molecule has 0 radical (unpaired) electrons. The van der Waals surface area contributed by atoms with E-state index in [0.717, 1.165) is 19.1 Å². The Labute approximate surface area is 163 Å². The van der Waals surface area contributed by atoms with Gasteiger partial charge in [0.05, 0.1) is 5.56 Å². The van der Waals surface area contributed by atoms with E-state index in [1.54, 1.807) is 30.3 Å². The quantitative estimate of drug-likeness (QED) is 0.491. The lowest BCUT2D eigenvalue weighted by atomic mass is 9.73. The van der Waals surface area contributed by atoms with Crippen LogP contribution in [0.5, 0.6) is 0 Å². The average molecular weight is 420 g/mol. The van der Waals surface area contributed by atoms with Crippen LogP contribution in [-0.2, 0) is 4.74 Å². The zero-order valence-electron chi connectivity index (χ0n) is 15.4. The summed E-state index contributed by atoms with van der Waals surface area (Å²) in [5, 5.41) is 0. The molecule has 1 aliphatic carbocycles. The van der Waals surface area contributed by atoms with E-state index in [1.807, 2.05) is 0 Å². The fourth-order valence-electron chi connectivity index (χ4n) is 3.88. The monoisotopic (exact) mass is 420 g/mol. The van der Waals surface area contributed by atoms with E-state index >= 15 is 0 Å². The van der Waals surface area contributed by atoms with Gasteiger partial charge in [0, 0.05) is 0 Å². The second-order valence-corrected chi connectivity index (χ2v) is 7.30. The number of halogens is 7. The van der Waals surface area contributed by atoms with Gasteiger partial charge in [-0.25, -0.2) is 17.6 Å². The standard InChI is InChI=1S/C21H19F7O/c1-12(29-21(26,27)28)20(25)8-7-14(11-18(20)24)15-9-16(22)19(17(23)10-15)13-5-3-2-4-6-13/h2-6,9-10,12,14,18H,7-8,11H2,1H3. The highest BCUT2D eigenvalue weighted by Crippen LogP contribution is 2.46. The summed E-state index contributed by atoms with van der Waals surface area (Å²) >= 11 is 0. The van der Waals surface area contributed by atoms with Gasteiger partial charge in [-0.1, -0.05) is 30.3 Å². The molecule has 3 rings (SSSR count). The highest BCUT2D eigenvalue weighted by Gasteiger charge is 2.52. The Kier molecular flexibility index (Phi) is 5.94. The summed E-state index contributed by atoms with van der Waals surface area (Å²) in [6.45, 7) is 0.828. The minimum absolute atomic E-state index is 0.0635. The first-order chi connectivity index (χ1) is 13.5. The van der Waals surface area contributed by atoms with Crippen LogP contribution in [0.25, 0.3) is 11.1 Å². The fraction of sp³-hybridized carbons (Fsp3) is 0.429. The number of hydrogen-bond donors (Lipinski definition) is 0. The zero-order valence-corrected chi connectivity index (χ0v) is 15.4. The van der Waals surface area contributed by atoms with Gasteiger partial charge in [0.15, 0.2) is 5.67 Å². The minimum Gasteiger partial charge on any atom is -0.285 e. The van der Waals surface area contributed by atoms with Crippen molar-refractivity contribution >= 4 is 0 Å². The molecule has 8 heteroatoms. The first-order valence-corrected chi connectivity index (χ1v) is 9.13. The summed E-state index contributed by atoms with van der Waals surface area (Å²) in [7, 11) is 0. The predicted octanol–water partition coefficient (Wildman–Crippen LogP) is 6.87. The Morgan fingerprint density at radius 1 is 1.07 bits per heavy atom. The lowest BCUT2D eigenvalue weighted by Gasteiger charge is -2.40. The van der Waals surface area contributed by atoms with E-state index in [1.165, 1.54) is 0 Å². The van der Waals surface area contributed by atoms with Crippen molar-refractivity contribution in [3.05, 3.63) is 59.7 Å². The molecule has 4 unspecified atom stereocenters. The van der Waals surface area contributed by atoms with Gasteiger partial charge in [-0.15, -0.1) is 13.2 Å². The van der Waals surface area contributed by atoms with Crippen molar-refractivity contribution < 1.29 is 35.5 Å². The van der Waals surface area contributed by atoms with Crippen molar-refractivity contribution in [2.24, 2.45) is 0 Å². The predicted molar refractivity (Wildman–Crippen MR) is 93.7 cm³/mol. The molecule has 0 saturated heterocycles. The summed E-state index contributed by atoms with van der Waals surface area (Å²) in [6.07, 6.45) is -10.5. The van der Waals surface area contributed by atoms with Crippen LogP contribution in [0.4, 0.5) is 30.7 Å². The molecule has 29 heavy (non-hydrogen) atoms. The molecule has 0 heterocycles. The van der Waals surface area contributed by atoms with E-state index in [-0.39, 0.29) is 17.5 Å². The molecule has 1 saturated carbocycles. The maximum Gasteiger partial charge on any atom is 0.522 e. The molecule has 0 aliphatic heterocycles. The number of hydrogen-bond acceptors (Lipinski definition) is 1. The van der Waals surface area contributed by atoms with Crippen LogP contribution in [0.1, 0.15) is 37.7 Å². The first-order valence-electron chi connectivity index (χ1n) is 9.13. The van der Waals surface area contributed by atoms with Crippen molar-refractivity contribution in [1.29, 1.82) is 0 Å². The third-order valence-electron chi connectivity index (χ3n) is 5.47. The molecule has 158 valence electrons. The van der Waals surface area contributed by atoms with Crippen molar-refractivity contribution in [1.82, 2.24) is 0 Å². The molecule has 1 fully saturated rings. The second-order valence-electron chi connectivity index (χ2n) is 7.30. The minimum atomic E-state index is -5.09. The Morgan fingerprint density at radius 3 is 2.17 bits per heavy atom. The average Bonchev–Trinajstić information content (AvgIpc) is 2.63. The Bertz CT molecular complexity index is 829. The highest BCUT2D eigenvalue weighted by molar-refractivity contribution is 5.65. The third-order valence-corrected chi connectivity index (χ3v) is 5.47. The summed E-state index contributed by atoms with van der Waals surface area (Å²) < 4.78 is 99.3. The number of rotatable bonds is 4. The SMILES string of the molecule is CC(OC(F)(F)F)C1(F)CCC(c2cc(F)c(-c3ccccc3)c(F)c2)CC1F. The maximum atomic E-state index is 14.9. The molecular formula is C21H19F7O. The molecule has 0 amide bonds. The zero-order chi connectivity index (χ0) is 21.4. The van der Waals surface area contributed by atoms with Gasteiger partial charge in [0.1, 0.15) is 23.9 Å². The Hall–Kier alpha value is -2.09. The molecule has 2 aromatic rings. The van der Waals surface area contributed by atoms with Crippen molar-refractivity contribution in [3.8, 4) is 11.1 Å². The number of alkyl halides is 5. The van der Waals surface area contributed by atoms with E-state index in [4.69, 9.17) is 0 Å². The lowest BCUT2D eigenvalue weighted by molar-refractivity contribution is -0.357. The van der Waals surface area contributed by atoms with Crippen LogP contribution in [0.2, 0.25) is 0 Å². The van der Waals surface area contributed by atoms with Crippen LogP contribution >= 0.6 is 0 Å². The van der Waals surface area contributed by atoms with E-state index in [9.17, 15) is 30.7 Å². The van der Waals surface area contributed by atoms with Crippen molar-refractivity contribution in [3.63, 3.8) is 0 Å². The molecular weight excluding hydrogens is 401 g/mol. The van der Waals surface area contributed by atoms with E-state index < -0.39 is 54.7 Å². The smallest absolute Gasteiger partial charge is 0.285 e. The van der Waals surface area contributed by atoms with Crippen molar-refractivity contribution in [2.75, 3.05) is 0 Å². The summed E-state index contributed by atoms with van der Waals surface area (Å²) in [5.41, 5.74) is -2.57. The summed E-state index contributed by atoms with van der Waals surface area (Å²) in [5.74, 6) is -2.40. The Morgan fingerprint density at radius 2 is 1.66 bits per heavy atom. The van der Waals surface area contributed by atoms with Crippen LogP contribution in [-0.4, -0.2) is 24.3 Å². The molecule has 0 N–H and O–H groups in total. The molecule has 4 atom stereocenters. The van der Waals surface area contributed by atoms with Crippen LogP contribution in [0, 0.1) is 11.6 Å². The van der Waals surface area contributed by atoms with E-state index in [0.29, 0.717) is 5.56 Å². The van der Waals surface area contributed by atoms with Gasteiger partial charge in [-0.05, 0) is 55.4 Å². The van der Waals surface area contributed by atoms with Gasteiger partial charge in [-0.3, -0.25) is 4.74 Å². The first kappa shape index (κ1) is 21.6. The van der Waals surface area contributed by atoms with E-state index in [2.05, 4.69) is 4.74 Å². The van der Waals surface area contributed by atoms with Crippen molar-refractivity contribution in [2.45, 2.75) is 56.4 Å². The largest absolute Gasteiger partial charge is 0.522 e. The molecule has 1 nitrogen and oxygen atoms in total. The third kappa shape index (κ3) is 4.57. The molecule has 1 aliphatic rings. The van der Waals surface area contributed by atoms with Crippen LogP contribution in [0.3, 0.4) is 0 Å². The molecule has 2 aromatic carbocycles. The summed E-state index contributed by atoms with van der Waals surface area (Å²) in [6, 6.07) is 10.2. The van der Waals surface area contributed by atoms with Gasteiger partial charge >= 0.3 is 6.36 Å². The molecule has 0 spiro atoms. The van der Waals surface area contributed by atoms with Gasteiger partial charge in [-0.2, -0.15) is 0 Å². The normalized spacial score (nSPS) is 26.3. The Balaban J connectivity index is 1.80. The topological polar surface area (TPSA) is 9.23 Å². The van der Waals surface area contributed by atoms with Crippen LogP contribution < -0.4 is 0 Å². The lowest BCUT2D eigenvalue weighted by Crippen LogP contribution is -2.51. The highest BCUT2D eigenvalue weighted by atomic mass is 19.4. The van der Waals surface area contributed by atoms with Gasteiger partial charge in [0.2, 0.25) is 0 Å². The van der Waals surface area contributed by atoms with Gasteiger partial charge in [0.25, 0.3) is 0 Å². The molecule has 0 aromatic heterocycles. The number of benzene rings is 2. The van der Waals surface area contributed by atoms with Crippen LogP contribution in [0.15, 0.2) is 42.5 Å². The molecule has 0 bridgehead atoms. The fourth-order valence-corrected chi connectivity index (χ4v) is 3.88. The maximum absolute atomic E-state index is 14.9. The summed E-state index contributed by atoms with van der Waals surface area (Å²) in [4.78, 5) is 0.